The second kappa shape index (κ2) is 6.71. The number of benzene rings is 1. The molecule has 25 heavy (non-hydrogen) atoms. The smallest absolute Gasteiger partial charge is 0.406 e. The highest BCUT2D eigenvalue weighted by atomic mass is 32.1. The minimum absolute atomic E-state index is 0.224. The van der Waals surface area contributed by atoms with Crippen LogP contribution in [0, 0.1) is 0 Å². The van der Waals surface area contributed by atoms with Gasteiger partial charge in [0.25, 0.3) is 5.91 Å². The lowest BCUT2D eigenvalue weighted by atomic mass is 10.0. The summed E-state index contributed by atoms with van der Waals surface area (Å²) in [6, 6.07) is 5.49. The number of amides is 2. The Morgan fingerprint density at radius 1 is 1.28 bits per heavy atom. The number of halogens is 3. The first-order valence-electron chi connectivity index (χ1n) is 7.20. The lowest BCUT2D eigenvalue weighted by molar-refractivity contribution is -0.274. The van der Waals surface area contributed by atoms with Crippen molar-refractivity contribution in [3.63, 3.8) is 0 Å². The first kappa shape index (κ1) is 17.2. The SMILES string of the molecule is O=C1NCCN(C(=O)c2ccsn2)C1c1ccc(OC(F)(F)F)cc1. The van der Waals surface area contributed by atoms with E-state index >= 15 is 0 Å². The molecule has 6 nitrogen and oxygen atoms in total. The van der Waals surface area contributed by atoms with Crippen LogP contribution in [0.5, 0.6) is 5.75 Å². The maximum Gasteiger partial charge on any atom is 0.573 e. The van der Waals surface area contributed by atoms with Crippen LogP contribution in [0.3, 0.4) is 0 Å². The van der Waals surface area contributed by atoms with Gasteiger partial charge in [-0.2, -0.15) is 4.37 Å². The second-order valence-electron chi connectivity index (χ2n) is 5.19. The summed E-state index contributed by atoms with van der Waals surface area (Å²) in [5.41, 5.74) is 0.608. The molecule has 0 saturated carbocycles. The molecule has 1 atom stereocenters. The maximum absolute atomic E-state index is 12.6. The predicted octanol–water partition coefficient (Wildman–Crippen LogP) is 2.36. The number of ether oxygens (including phenoxy) is 1. The number of piperazine rings is 1. The highest BCUT2D eigenvalue weighted by Gasteiger charge is 2.36. The fourth-order valence-corrected chi connectivity index (χ4v) is 3.04. The Kier molecular flexibility index (Phi) is 4.62. The number of nitrogens with one attached hydrogen (secondary N) is 1. The number of hydrogen-bond donors (Lipinski definition) is 1. The van der Waals surface area contributed by atoms with Crippen molar-refractivity contribution in [2.45, 2.75) is 12.4 Å². The number of hydrogen-bond acceptors (Lipinski definition) is 5. The van der Waals surface area contributed by atoms with Gasteiger partial charge >= 0.3 is 6.36 Å². The number of aromatic nitrogens is 1. The van der Waals surface area contributed by atoms with Gasteiger partial charge in [-0.3, -0.25) is 9.59 Å². The molecule has 2 amide bonds. The van der Waals surface area contributed by atoms with E-state index in [4.69, 9.17) is 0 Å². The van der Waals surface area contributed by atoms with Crippen molar-refractivity contribution in [1.29, 1.82) is 0 Å². The highest BCUT2D eigenvalue weighted by Crippen LogP contribution is 2.28. The number of carbonyl (C=O) groups excluding carboxylic acids is 2. The summed E-state index contributed by atoms with van der Waals surface area (Å²) < 4.78 is 44.5. The molecule has 1 aromatic carbocycles. The van der Waals surface area contributed by atoms with Crippen LogP contribution in [0.15, 0.2) is 35.7 Å². The van der Waals surface area contributed by atoms with E-state index in [2.05, 4.69) is 14.4 Å². The van der Waals surface area contributed by atoms with Gasteiger partial charge in [-0.25, -0.2) is 0 Å². The lowest BCUT2D eigenvalue weighted by Gasteiger charge is -2.34. The predicted molar refractivity (Wildman–Crippen MR) is 82.0 cm³/mol. The van der Waals surface area contributed by atoms with Crippen LogP contribution < -0.4 is 10.1 Å². The van der Waals surface area contributed by atoms with Crippen LogP contribution in [0.2, 0.25) is 0 Å². The largest absolute Gasteiger partial charge is 0.573 e. The van der Waals surface area contributed by atoms with Gasteiger partial charge in [0.05, 0.1) is 0 Å². The Morgan fingerprint density at radius 2 is 2.00 bits per heavy atom. The Balaban J connectivity index is 1.86. The molecule has 1 unspecified atom stereocenters. The fourth-order valence-electron chi connectivity index (χ4n) is 2.54. The second-order valence-corrected chi connectivity index (χ2v) is 5.86. The normalized spacial score (nSPS) is 18.0. The van der Waals surface area contributed by atoms with Crippen molar-refractivity contribution in [2.24, 2.45) is 0 Å². The molecule has 0 aliphatic carbocycles. The third kappa shape index (κ3) is 3.90. The zero-order valence-corrected chi connectivity index (χ0v) is 13.4. The van der Waals surface area contributed by atoms with Gasteiger partial charge < -0.3 is 15.0 Å². The molecule has 132 valence electrons. The molecule has 0 spiro atoms. The minimum Gasteiger partial charge on any atom is -0.406 e. The van der Waals surface area contributed by atoms with Crippen molar-refractivity contribution < 1.29 is 27.5 Å². The summed E-state index contributed by atoms with van der Waals surface area (Å²) in [5, 5.41) is 4.30. The number of carbonyl (C=O) groups is 2. The molecule has 2 heterocycles. The molecular weight excluding hydrogens is 359 g/mol. The van der Waals surface area contributed by atoms with E-state index in [0.29, 0.717) is 12.1 Å². The van der Waals surface area contributed by atoms with Gasteiger partial charge in [0, 0.05) is 18.5 Å². The van der Waals surface area contributed by atoms with Crippen molar-refractivity contribution in [3.05, 3.63) is 47.0 Å². The summed E-state index contributed by atoms with van der Waals surface area (Å²) in [6.07, 6.45) is -4.80. The molecule has 1 fully saturated rings. The van der Waals surface area contributed by atoms with Gasteiger partial charge in [0.1, 0.15) is 17.5 Å². The summed E-state index contributed by atoms with van der Waals surface area (Å²) in [4.78, 5) is 26.2. The van der Waals surface area contributed by atoms with Crippen molar-refractivity contribution in [1.82, 2.24) is 14.6 Å². The molecule has 3 rings (SSSR count). The Morgan fingerprint density at radius 3 is 2.60 bits per heavy atom. The standard InChI is InChI=1S/C15H12F3N3O3S/c16-15(17,18)24-10-3-1-9(2-4-10)12-13(22)19-6-7-21(12)14(23)11-5-8-25-20-11/h1-5,8,12H,6-7H2,(H,19,22). The average Bonchev–Trinajstić information content (AvgIpc) is 3.08. The van der Waals surface area contributed by atoms with Gasteiger partial charge in [-0.15, -0.1) is 13.2 Å². The van der Waals surface area contributed by atoms with Gasteiger partial charge in [-0.1, -0.05) is 12.1 Å². The first-order chi connectivity index (χ1) is 11.8. The summed E-state index contributed by atoms with van der Waals surface area (Å²) in [6.45, 7) is 0.564. The zero-order valence-electron chi connectivity index (χ0n) is 12.6. The van der Waals surface area contributed by atoms with Crippen molar-refractivity contribution in [2.75, 3.05) is 13.1 Å². The van der Waals surface area contributed by atoms with Crippen LogP contribution in [0.4, 0.5) is 13.2 Å². The highest BCUT2D eigenvalue weighted by molar-refractivity contribution is 7.03. The molecule has 1 saturated heterocycles. The van der Waals surface area contributed by atoms with Crippen LogP contribution in [-0.2, 0) is 4.79 Å². The van der Waals surface area contributed by atoms with Crippen LogP contribution in [0.25, 0.3) is 0 Å². The third-order valence-electron chi connectivity index (χ3n) is 3.56. The number of alkyl halides is 3. The molecule has 0 radical (unpaired) electrons. The summed E-state index contributed by atoms with van der Waals surface area (Å²) >= 11 is 1.12. The Labute approximate surface area is 144 Å². The minimum atomic E-state index is -4.80. The van der Waals surface area contributed by atoms with Crippen LogP contribution in [-0.4, -0.2) is 40.5 Å². The molecule has 10 heteroatoms. The molecule has 1 N–H and O–H groups in total. The van der Waals surface area contributed by atoms with E-state index in [1.807, 2.05) is 0 Å². The third-order valence-corrected chi connectivity index (χ3v) is 4.12. The quantitative estimate of drug-likeness (QED) is 0.899. The monoisotopic (exact) mass is 371 g/mol. The number of rotatable bonds is 3. The fraction of sp³-hybridized carbons (Fsp3) is 0.267. The maximum atomic E-state index is 12.6. The lowest BCUT2D eigenvalue weighted by Crippen LogP contribution is -2.52. The Hall–Kier alpha value is -2.62. The molecule has 0 bridgehead atoms. The van der Waals surface area contributed by atoms with E-state index in [0.717, 1.165) is 23.7 Å². The van der Waals surface area contributed by atoms with E-state index in [1.54, 1.807) is 11.4 Å². The number of nitrogens with zero attached hydrogens (tertiary/aromatic N) is 2. The zero-order chi connectivity index (χ0) is 18.0. The van der Waals surface area contributed by atoms with Crippen molar-refractivity contribution in [3.8, 4) is 5.75 Å². The first-order valence-corrected chi connectivity index (χ1v) is 8.03. The molecule has 1 aromatic heterocycles. The summed E-state index contributed by atoms with van der Waals surface area (Å²) in [7, 11) is 0. The summed E-state index contributed by atoms with van der Waals surface area (Å²) in [5.74, 6) is -1.21. The van der Waals surface area contributed by atoms with Gasteiger partial charge in [-0.05, 0) is 35.3 Å². The van der Waals surface area contributed by atoms with Gasteiger partial charge in [0.15, 0.2) is 0 Å². The topological polar surface area (TPSA) is 71.5 Å². The average molecular weight is 371 g/mol. The van der Waals surface area contributed by atoms with Crippen LogP contribution in [0.1, 0.15) is 22.1 Å². The molecule has 1 aliphatic heterocycles. The van der Waals surface area contributed by atoms with E-state index < -0.39 is 30.0 Å². The van der Waals surface area contributed by atoms with E-state index in [1.165, 1.54) is 17.0 Å². The van der Waals surface area contributed by atoms with E-state index in [-0.39, 0.29) is 12.2 Å². The Bertz CT molecular complexity index is 763. The van der Waals surface area contributed by atoms with Gasteiger partial charge in [0.2, 0.25) is 5.91 Å². The van der Waals surface area contributed by atoms with Crippen LogP contribution >= 0.6 is 11.5 Å². The molecule has 2 aromatic rings. The van der Waals surface area contributed by atoms with Crippen molar-refractivity contribution >= 4 is 23.3 Å². The molecular formula is C15H12F3N3O3S. The molecule has 1 aliphatic rings. The van der Waals surface area contributed by atoms with E-state index in [9.17, 15) is 22.8 Å².